The topological polar surface area (TPSA) is 57.1 Å². The second kappa shape index (κ2) is 9.03. The highest BCUT2D eigenvalue weighted by Gasteiger charge is 2.50. The summed E-state index contributed by atoms with van der Waals surface area (Å²) in [7, 11) is 3.25. The van der Waals surface area contributed by atoms with Crippen LogP contribution in [0.2, 0.25) is 5.02 Å². The van der Waals surface area contributed by atoms with Crippen molar-refractivity contribution in [3.8, 4) is 34.0 Å². The molecule has 5 nitrogen and oxygen atoms in total. The molecule has 1 aliphatic rings. The Hall–Kier alpha value is -3.51. The van der Waals surface area contributed by atoms with E-state index in [1.165, 1.54) is 0 Å². The van der Waals surface area contributed by atoms with Gasteiger partial charge in [0.1, 0.15) is 29.1 Å². The van der Waals surface area contributed by atoms with Crippen LogP contribution in [-0.4, -0.2) is 35.6 Å². The summed E-state index contributed by atoms with van der Waals surface area (Å²) >= 11 is 6.10. The van der Waals surface area contributed by atoms with E-state index in [0.29, 0.717) is 35.1 Å². The van der Waals surface area contributed by atoms with E-state index in [1.807, 2.05) is 72.8 Å². The van der Waals surface area contributed by atoms with Crippen LogP contribution >= 0.6 is 11.6 Å². The highest BCUT2D eigenvalue weighted by Crippen LogP contribution is 2.49. The van der Waals surface area contributed by atoms with Crippen molar-refractivity contribution in [1.82, 2.24) is 15.2 Å². The van der Waals surface area contributed by atoms with Crippen LogP contribution in [0.3, 0.4) is 0 Å². The van der Waals surface area contributed by atoms with Crippen LogP contribution in [0.5, 0.6) is 11.5 Å². The van der Waals surface area contributed by atoms with Gasteiger partial charge in [0, 0.05) is 16.1 Å². The number of aromatic nitrogens is 3. The van der Waals surface area contributed by atoms with Gasteiger partial charge in [-0.2, -0.15) is 0 Å². The minimum atomic E-state index is -0.912. The first kappa shape index (κ1) is 22.3. The third kappa shape index (κ3) is 3.99. The number of halogens is 2. The first-order chi connectivity index (χ1) is 16.5. The molecule has 0 bridgehead atoms. The lowest BCUT2D eigenvalue weighted by Gasteiger charge is -2.43. The molecule has 4 aromatic rings. The van der Waals surface area contributed by atoms with Crippen LogP contribution < -0.4 is 9.47 Å². The number of ether oxygens (including phenoxy) is 2. The van der Waals surface area contributed by atoms with Crippen LogP contribution in [0.4, 0.5) is 4.39 Å². The molecule has 34 heavy (non-hydrogen) atoms. The summed E-state index contributed by atoms with van der Waals surface area (Å²) in [6, 6.07) is 22.7. The molecule has 172 valence electrons. The van der Waals surface area contributed by atoms with E-state index in [1.54, 1.807) is 14.2 Å². The number of alkyl halides is 1. The fraction of sp³-hybridized carbons (Fsp3) is 0.222. The molecule has 1 aromatic heterocycles. The van der Waals surface area contributed by atoms with Gasteiger partial charge in [0.15, 0.2) is 5.82 Å². The largest absolute Gasteiger partial charge is 0.497 e. The minimum absolute atomic E-state index is 0.306. The maximum Gasteiger partial charge on any atom is 0.162 e. The molecule has 0 unspecified atom stereocenters. The van der Waals surface area contributed by atoms with E-state index in [4.69, 9.17) is 26.1 Å². The van der Waals surface area contributed by atoms with Crippen molar-refractivity contribution in [2.45, 2.75) is 24.4 Å². The molecule has 5 rings (SSSR count). The molecule has 0 spiro atoms. The molecule has 0 aliphatic heterocycles. The van der Waals surface area contributed by atoms with E-state index in [0.717, 1.165) is 28.2 Å². The van der Waals surface area contributed by atoms with E-state index >= 15 is 0 Å². The van der Waals surface area contributed by atoms with Crippen LogP contribution in [-0.2, 0) is 5.41 Å². The van der Waals surface area contributed by atoms with Crippen LogP contribution in [0.25, 0.3) is 22.5 Å². The smallest absolute Gasteiger partial charge is 0.162 e. The van der Waals surface area contributed by atoms with Gasteiger partial charge in [0.05, 0.1) is 19.6 Å². The first-order valence-electron chi connectivity index (χ1n) is 11.0. The van der Waals surface area contributed by atoms with E-state index in [-0.39, 0.29) is 0 Å². The Balaban J connectivity index is 1.66. The van der Waals surface area contributed by atoms with Gasteiger partial charge < -0.3 is 9.47 Å². The lowest BCUT2D eigenvalue weighted by atomic mass is 9.62. The van der Waals surface area contributed by atoms with Crippen LogP contribution in [0.1, 0.15) is 24.2 Å². The molecular formula is C27H23ClFN3O2. The Kier molecular flexibility index (Phi) is 5.92. The molecule has 7 heteroatoms. The van der Waals surface area contributed by atoms with Gasteiger partial charge in [0.2, 0.25) is 0 Å². The van der Waals surface area contributed by atoms with E-state index in [2.05, 4.69) is 10.2 Å². The van der Waals surface area contributed by atoms with Crippen LogP contribution in [0.15, 0.2) is 72.8 Å². The fourth-order valence-electron chi connectivity index (χ4n) is 4.43. The van der Waals surface area contributed by atoms with Gasteiger partial charge in [-0.3, -0.25) is 0 Å². The summed E-state index contributed by atoms with van der Waals surface area (Å²) in [6.45, 7) is 0. The molecule has 0 N–H and O–H groups in total. The molecule has 0 atom stereocenters. The van der Waals surface area contributed by atoms with Crippen molar-refractivity contribution < 1.29 is 13.9 Å². The average Bonchev–Trinajstić information content (AvgIpc) is 2.87. The quantitative estimate of drug-likeness (QED) is 0.328. The number of nitrogens with zero attached hydrogens (tertiary/aromatic N) is 3. The van der Waals surface area contributed by atoms with Crippen molar-refractivity contribution >= 4 is 11.6 Å². The molecule has 1 saturated carbocycles. The van der Waals surface area contributed by atoms with Gasteiger partial charge in [-0.1, -0.05) is 23.7 Å². The number of benzene rings is 3. The lowest BCUT2D eigenvalue weighted by Crippen LogP contribution is -2.45. The Labute approximate surface area is 202 Å². The molecular weight excluding hydrogens is 453 g/mol. The Morgan fingerprint density at radius 3 is 1.79 bits per heavy atom. The second-order valence-electron chi connectivity index (χ2n) is 8.38. The zero-order valence-electron chi connectivity index (χ0n) is 18.8. The molecule has 0 amide bonds. The van der Waals surface area contributed by atoms with E-state index < -0.39 is 11.6 Å². The number of methoxy groups -OCH3 is 2. The highest BCUT2D eigenvalue weighted by atomic mass is 35.5. The zero-order chi connectivity index (χ0) is 23.7. The van der Waals surface area contributed by atoms with Crippen molar-refractivity contribution in [3.63, 3.8) is 0 Å². The van der Waals surface area contributed by atoms with Gasteiger partial charge >= 0.3 is 0 Å². The maximum absolute atomic E-state index is 14.3. The minimum Gasteiger partial charge on any atom is -0.497 e. The fourth-order valence-corrected chi connectivity index (χ4v) is 4.56. The third-order valence-electron chi connectivity index (χ3n) is 6.38. The van der Waals surface area contributed by atoms with Gasteiger partial charge in [-0.05, 0) is 79.1 Å². The average molecular weight is 476 g/mol. The molecule has 1 aliphatic carbocycles. The zero-order valence-corrected chi connectivity index (χ0v) is 19.6. The third-order valence-corrected chi connectivity index (χ3v) is 6.63. The summed E-state index contributed by atoms with van der Waals surface area (Å²) in [6.07, 6.45) is -0.300. The van der Waals surface area contributed by atoms with E-state index in [9.17, 15) is 4.39 Å². The number of hydrogen-bond donors (Lipinski definition) is 0. The first-order valence-corrected chi connectivity index (χ1v) is 11.3. The molecule has 1 fully saturated rings. The van der Waals surface area contributed by atoms with Gasteiger partial charge in [-0.15, -0.1) is 10.2 Å². The molecule has 0 radical (unpaired) electrons. The molecule has 3 aromatic carbocycles. The Morgan fingerprint density at radius 2 is 1.29 bits per heavy atom. The van der Waals surface area contributed by atoms with Crippen molar-refractivity contribution in [2.75, 3.05) is 14.2 Å². The van der Waals surface area contributed by atoms with Gasteiger partial charge in [0.25, 0.3) is 0 Å². The number of rotatable bonds is 6. The summed E-state index contributed by atoms with van der Waals surface area (Å²) < 4.78 is 24.9. The molecule has 0 saturated heterocycles. The summed E-state index contributed by atoms with van der Waals surface area (Å²) in [5.41, 5.74) is 3.33. The summed E-state index contributed by atoms with van der Waals surface area (Å²) in [5, 5.41) is 9.76. The van der Waals surface area contributed by atoms with Crippen molar-refractivity contribution in [1.29, 1.82) is 0 Å². The van der Waals surface area contributed by atoms with Crippen LogP contribution in [0, 0.1) is 0 Å². The summed E-state index contributed by atoms with van der Waals surface area (Å²) in [5.74, 6) is 2.00. The normalized spacial score (nSPS) is 19.4. The standard InChI is InChI=1S/C27H23ClFN3O2/c1-33-22-11-3-17(4-12-22)24-25(18-5-13-23(34-2)14-6-18)31-32-26(30-24)27(15-21(29)16-27)19-7-9-20(28)10-8-19/h3-14,21H,15-16H2,1-2H3. The SMILES string of the molecule is COc1ccc(-c2nnc(C3(c4ccc(Cl)cc4)CC(F)C3)nc2-c2ccc(OC)cc2)cc1. The monoisotopic (exact) mass is 475 g/mol. The van der Waals surface area contributed by atoms with Crippen molar-refractivity contribution in [3.05, 3.63) is 89.2 Å². The highest BCUT2D eigenvalue weighted by molar-refractivity contribution is 6.30. The Bertz CT molecular complexity index is 1290. The second-order valence-corrected chi connectivity index (χ2v) is 8.82. The Morgan fingerprint density at radius 1 is 0.765 bits per heavy atom. The van der Waals surface area contributed by atoms with Crippen molar-refractivity contribution in [2.24, 2.45) is 0 Å². The predicted octanol–water partition coefficient (Wildman–Crippen LogP) is 6.29. The maximum atomic E-state index is 14.3. The lowest BCUT2D eigenvalue weighted by molar-refractivity contribution is 0.116. The predicted molar refractivity (Wildman–Crippen MR) is 130 cm³/mol. The van der Waals surface area contributed by atoms with Gasteiger partial charge in [-0.25, -0.2) is 9.37 Å². The number of hydrogen-bond acceptors (Lipinski definition) is 5. The summed E-state index contributed by atoms with van der Waals surface area (Å²) in [4.78, 5) is 5.00. The molecule has 1 heterocycles.